The number of methoxy groups -OCH3 is 2. The van der Waals surface area contributed by atoms with E-state index in [2.05, 4.69) is 15.3 Å². The molecule has 1 aliphatic heterocycles. The van der Waals surface area contributed by atoms with Gasteiger partial charge < -0.3 is 19.7 Å². The fraction of sp³-hybridized carbons (Fsp3) is 0.290. The van der Waals surface area contributed by atoms with Crippen LogP contribution < -0.4 is 14.8 Å². The topological polar surface area (TPSA) is 131 Å². The van der Waals surface area contributed by atoms with Crippen molar-refractivity contribution < 1.29 is 23.0 Å². The van der Waals surface area contributed by atoms with Crippen LogP contribution in [0.25, 0.3) is 16.6 Å². The minimum Gasteiger partial charge on any atom is -0.497 e. The number of carbonyl (C=O) groups is 1. The Balaban J connectivity index is 1.36. The maximum absolute atomic E-state index is 15.0. The van der Waals surface area contributed by atoms with Crippen LogP contribution in [0.15, 0.2) is 48.7 Å². The second kappa shape index (κ2) is 11.7. The first-order chi connectivity index (χ1) is 21.3. The van der Waals surface area contributed by atoms with Gasteiger partial charge in [0.25, 0.3) is 5.91 Å². The molecule has 6 rings (SSSR count). The SMILES string of the molecule is COc1ccc(CNc2nc3c(F)cc(F)cc3c3nc([C@@H]4CC[C@H](C)N(C(=O)c5ccc(C#N)nc5)C4)nn23)c(OC)c1. The van der Waals surface area contributed by atoms with Crippen LogP contribution in [0.5, 0.6) is 11.5 Å². The highest BCUT2D eigenvalue weighted by atomic mass is 19.1. The van der Waals surface area contributed by atoms with E-state index in [-0.39, 0.29) is 52.6 Å². The Morgan fingerprint density at radius 1 is 1.11 bits per heavy atom. The number of hydrogen-bond donors (Lipinski definition) is 1. The van der Waals surface area contributed by atoms with E-state index in [1.807, 2.05) is 19.1 Å². The van der Waals surface area contributed by atoms with Gasteiger partial charge in [0.15, 0.2) is 17.3 Å². The second-order valence-corrected chi connectivity index (χ2v) is 10.6. The van der Waals surface area contributed by atoms with Crippen LogP contribution in [0.2, 0.25) is 0 Å². The number of hydrogen-bond acceptors (Lipinski definition) is 9. The van der Waals surface area contributed by atoms with Crippen molar-refractivity contribution in [3.05, 3.63) is 82.9 Å². The van der Waals surface area contributed by atoms with Crippen LogP contribution in [0.4, 0.5) is 14.7 Å². The molecular weight excluding hydrogens is 570 g/mol. The third-order valence-electron chi connectivity index (χ3n) is 7.88. The normalized spacial score (nSPS) is 16.6. The molecule has 0 saturated carbocycles. The molecule has 1 saturated heterocycles. The van der Waals surface area contributed by atoms with Gasteiger partial charge in [-0.2, -0.15) is 9.78 Å². The molecule has 13 heteroatoms. The average Bonchev–Trinajstić information content (AvgIpc) is 3.50. The summed E-state index contributed by atoms with van der Waals surface area (Å²) in [5.41, 5.74) is 1.57. The standard InChI is InChI=1S/C31H28F2N8O3/c1-17-4-5-20(16-40(17)30(42)19-6-8-22(13-34)35-15-19)28-38-29-24-10-21(32)11-25(33)27(24)37-31(41(29)39-28)36-14-18-7-9-23(43-2)12-26(18)44-3/h6-12,15,17,20H,4-5,14,16H2,1-3H3,(H,36,37)/t17-,20+/m0/s1. The number of aromatic nitrogens is 5. The van der Waals surface area contributed by atoms with Crippen LogP contribution >= 0.6 is 0 Å². The van der Waals surface area contributed by atoms with Gasteiger partial charge in [0.2, 0.25) is 5.95 Å². The molecule has 5 aromatic rings. The number of likely N-dealkylation sites (tertiary alicyclic amines) is 1. The third-order valence-corrected chi connectivity index (χ3v) is 7.88. The summed E-state index contributed by atoms with van der Waals surface area (Å²) >= 11 is 0. The number of anilines is 1. The average molecular weight is 599 g/mol. The lowest BCUT2D eigenvalue weighted by Crippen LogP contribution is -2.45. The van der Waals surface area contributed by atoms with Gasteiger partial charge in [0, 0.05) is 48.9 Å². The lowest BCUT2D eigenvalue weighted by atomic mass is 9.92. The Hall–Kier alpha value is -5.38. The van der Waals surface area contributed by atoms with Gasteiger partial charge in [0.1, 0.15) is 34.6 Å². The predicted molar refractivity (Wildman–Crippen MR) is 157 cm³/mol. The van der Waals surface area contributed by atoms with Gasteiger partial charge in [-0.15, -0.1) is 5.10 Å². The maximum Gasteiger partial charge on any atom is 0.255 e. The number of benzene rings is 2. The molecule has 224 valence electrons. The number of nitriles is 1. The quantitative estimate of drug-likeness (QED) is 0.279. The van der Waals surface area contributed by atoms with Crippen LogP contribution in [0.1, 0.15) is 53.1 Å². The Morgan fingerprint density at radius 3 is 2.68 bits per heavy atom. The molecule has 0 spiro atoms. The number of nitrogens with one attached hydrogen (secondary N) is 1. The summed E-state index contributed by atoms with van der Waals surface area (Å²) in [6.07, 6.45) is 2.80. The fourth-order valence-corrected chi connectivity index (χ4v) is 5.47. The molecule has 1 aliphatic rings. The summed E-state index contributed by atoms with van der Waals surface area (Å²) in [4.78, 5) is 28.4. The number of amides is 1. The van der Waals surface area contributed by atoms with E-state index < -0.39 is 11.6 Å². The number of pyridine rings is 1. The number of fused-ring (bicyclic) bond motifs is 3. The van der Waals surface area contributed by atoms with Crippen molar-refractivity contribution in [1.29, 1.82) is 5.26 Å². The van der Waals surface area contributed by atoms with Crippen molar-refractivity contribution >= 4 is 28.4 Å². The van der Waals surface area contributed by atoms with Crippen LogP contribution in [0, 0.1) is 23.0 Å². The van der Waals surface area contributed by atoms with Gasteiger partial charge in [-0.1, -0.05) is 0 Å². The minimum absolute atomic E-state index is 0.0474. The van der Waals surface area contributed by atoms with E-state index >= 15 is 0 Å². The van der Waals surface area contributed by atoms with Gasteiger partial charge >= 0.3 is 0 Å². The zero-order chi connectivity index (χ0) is 31.0. The lowest BCUT2D eigenvalue weighted by molar-refractivity contribution is 0.0605. The van der Waals surface area contributed by atoms with Gasteiger partial charge in [0.05, 0.1) is 25.2 Å². The van der Waals surface area contributed by atoms with Gasteiger partial charge in [-0.3, -0.25) is 4.79 Å². The Labute approximate surface area is 251 Å². The van der Waals surface area contributed by atoms with Crippen molar-refractivity contribution in [2.24, 2.45) is 0 Å². The molecule has 1 N–H and O–H groups in total. The molecule has 2 atom stereocenters. The van der Waals surface area contributed by atoms with Gasteiger partial charge in [-0.25, -0.2) is 23.7 Å². The van der Waals surface area contributed by atoms with E-state index in [9.17, 15) is 13.6 Å². The molecule has 44 heavy (non-hydrogen) atoms. The van der Waals surface area contributed by atoms with Crippen LogP contribution in [-0.2, 0) is 6.54 Å². The van der Waals surface area contributed by atoms with Crippen molar-refractivity contribution in [3.8, 4) is 17.6 Å². The number of carbonyl (C=O) groups excluding carboxylic acids is 1. The molecule has 1 fully saturated rings. The van der Waals surface area contributed by atoms with E-state index in [1.165, 1.54) is 22.8 Å². The van der Waals surface area contributed by atoms with E-state index in [1.54, 1.807) is 37.3 Å². The Kier molecular flexibility index (Phi) is 7.65. The highest BCUT2D eigenvalue weighted by Crippen LogP contribution is 2.32. The summed E-state index contributed by atoms with van der Waals surface area (Å²) in [6, 6.07) is 12.4. The predicted octanol–water partition coefficient (Wildman–Crippen LogP) is 4.86. The molecule has 0 unspecified atom stereocenters. The van der Waals surface area contributed by atoms with Crippen molar-refractivity contribution in [1.82, 2.24) is 29.5 Å². The van der Waals surface area contributed by atoms with E-state index in [0.29, 0.717) is 42.3 Å². The monoisotopic (exact) mass is 598 g/mol. The molecule has 0 bridgehead atoms. The van der Waals surface area contributed by atoms with Gasteiger partial charge in [-0.05, 0) is 50.1 Å². The summed E-state index contributed by atoms with van der Waals surface area (Å²) in [5.74, 6) is -0.194. The number of ether oxygens (including phenoxy) is 2. The highest BCUT2D eigenvalue weighted by molar-refractivity contribution is 5.94. The first kappa shape index (κ1) is 28.7. The number of nitrogens with zero attached hydrogens (tertiary/aromatic N) is 7. The molecule has 3 aromatic heterocycles. The van der Waals surface area contributed by atoms with E-state index in [0.717, 1.165) is 11.6 Å². The summed E-state index contributed by atoms with van der Waals surface area (Å²) in [6.45, 7) is 2.55. The third kappa shape index (κ3) is 5.30. The summed E-state index contributed by atoms with van der Waals surface area (Å²) < 4.78 is 41.6. The lowest BCUT2D eigenvalue weighted by Gasteiger charge is -2.37. The Morgan fingerprint density at radius 2 is 1.95 bits per heavy atom. The molecule has 1 amide bonds. The zero-order valence-corrected chi connectivity index (χ0v) is 24.2. The summed E-state index contributed by atoms with van der Waals surface area (Å²) in [7, 11) is 3.11. The first-order valence-electron chi connectivity index (χ1n) is 14.0. The molecular formula is C31H28F2N8O3. The van der Waals surface area contributed by atoms with E-state index in [4.69, 9.17) is 24.8 Å². The number of halogens is 2. The number of rotatable bonds is 7. The molecule has 0 radical (unpaired) electrons. The molecule has 4 heterocycles. The zero-order valence-electron chi connectivity index (χ0n) is 24.2. The highest BCUT2D eigenvalue weighted by Gasteiger charge is 2.33. The first-order valence-corrected chi connectivity index (χ1v) is 14.0. The molecule has 0 aliphatic carbocycles. The molecule has 2 aromatic carbocycles. The maximum atomic E-state index is 15.0. The second-order valence-electron chi connectivity index (χ2n) is 10.6. The Bertz CT molecular complexity index is 1920. The largest absolute Gasteiger partial charge is 0.497 e. The van der Waals surface area contributed by atoms with Crippen LogP contribution in [0.3, 0.4) is 0 Å². The number of piperidine rings is 1. The smallest absolute Gasteiger partial charge is 0.255 e. The minimum atomic E-state index is -0.823. The summed E-state index contributed by atoms with van der Waals surface area (Å²) in [5, 5.41) is 17.2. The van der Waals surface area contributed by atoms with Crippen molar-refractivity contribution in [3.63, 3.8) is 0 Å². The van der Waals surface area contributed by atoms with Crippen LogP contribution in [-0.4, -0.2) is 62.2 Å². The fourth-order valence-electron chi connectivity index (χ4n) is 5.47. The molecule has 11 nitrogen and oxygen atoms in total. The van der Waals surface area contributed by atoms with Crippen molar-refractivity contribution in [2.75, 3.05) is 26.1 Å². The van der Waals surface area contributed by atoms with Crippen molar-refractivity contribution in [2.45, 2.75) is 38.3 Å².